The first-order valence-electron chi connectivity index (χ1n) is 5.40. The highest BCUT2D eigenvalue weighted by Crippen LogP contribution is 2.24. The van der Waals surface area contributed by atoms with Crippen LogP contribution in [0.1, 0.15) is 0 Å². The maximum atomic E-state index is 11.2. The lowest BCUT2D eigenvalue weighted by atomic mass is 10.2. The summed E-state index contributed by atoms with van der Waals surface area (Å²) in [7, 11) is 0. The number of aromatic nitrogens is 2. The van der Waals surface area contributed by atoms with E-state index in [1.807, 2.05) is 0 Å². The van der Waals surface area contributed by atoms with Gasteiger partial charge in [0, 0.05) is 17.5 Å². The average Bonchev–Trinajstić information content (AvgIpc) is 2.38. The molecule has 19 heavy (non-hydrogen) atoms. The van der Waals surface area contributed by atoms with Gasteiger partial charge in [0.05, 0.1) is 12.4 Å². The van der Waals surface area contributed by atoms with Crippen molar-refractivity contribution in [3.8, 4) is 11.6 Å². The number of benzene rings is 1. The zero-order chi connectivity index (χ0) is 13.2. The van der Waals surface area contributed by atoms with Gasteiger partial charge in [0.15, 0.2) is 5.15 Å². The van der Waals surface area contributed by atoms with E-state index in [0.29, 0.717) is 11.3 Å². The molecule has 0 fully saturated rings. The molecule has 2 aromatic heterocycles. The second-order valence-corrected chi connectivity index (χ2v) is 4.12. The summed E-state index contributed by atoms with van der Waals surface area (Å²) in [6.45, 7) is 0. The summed E-state index contributed by atoms with van der Waals surface area (Å²) in [6, 6.07) is 8.19. The van der Waals surface area contributed by atoms with E-state index in [-0.39, 0.29) is 11.0 Å². The molecule has 1 aromatic carbocycles. The molecule has 3 aromatic rings. The minimum atomic E-state index is -0.410. The number of halogens is 1. The summed E-state index contributed by atoms with van der Waals surface area (Å²) in [6.07, 6.45) is 2.85. The Morgan fingerprint density at radius 3 is 2.84 bits per heavy atom. The van der Waals surface area contributed by atoms with Crippen LogP contribution in [-0.2, 0) is 0 Å². The van der Waals surface area contributed by atoms with Crippen molar-refractivity contribution >= 4 is 22.6 Å². The van der Waals surface area contributed by atoms with Gasteiger partial charge in [0.2, 0.25) is 5.88 Å². The van der Waals surface area contributed by atoms with E-state index in [2.05, 4.69) is 9.97 Å². The van der Waals surface area contributed by atoms with E-state index in [9.17, 15) is 4.79 Å². The van der Waals surface area contributed by atoms with Gasteiger partial charge < -0.3 is 9.15 Å². The lowest BCUT2D eigenvalue weighted by molar-refractivity contribution is 0.459. The van der Waals surface area contributed by atoms with Gasteiger partial charge in [0.1, 0.15) is 11.3 Å². The van der Waals surface area contributed by atoms with Crippen molar-refractivity contribution in [3.63, 3.8) is 0 Å². The van der Waals surface area contributed by atoms with Crippen LogP contribution in [-0.4, -0.2) is 9.97 Å². The van der Waals surface area contributed by atoms with E-state index in [1.165, 1.54) is 18.5 Å². The SMILES string of the molecule is O=c1ccc2ccc(Oc3cncc(Cl)n3)cc2o1. The lowest BCUT2D eigenvalue weighted by Gasteiger charge is -2.04. The topological polar surface area (TPSA) is 65.2 Å². The van der Waals surface area contributed by atoms with E-state index >= 15 is 0 Å². The van der Waals surface area contributed by atoms with Gasteiger partial charge in [-0.05, 0) is 18.2 Å². The minimum absolute atomic E-state index is 0.241. The van der Waals surface area contributed by atoms with Crippen LogP contribution in [0.25, 0.3) is 11.0 Å². The Morgan fingerprint density at radius 2 is 2.00 bits per heavy atom. The van der Waals surface area contributed by atoms with Gasteiger partial charge in [-0.2, -0.15) is 4.98 Å². The van der Waals surface area contributed by atoms with Gasteiger partial charge in [-0.15, -0.1) is 0 Å². The fraction of sp³-hybridized carbons (Fsp3) is 0. The molecule has 3 rings (SSSR count). The highest BCUT2D eigenvalue weighted by Gasteiger charge is 2.03. The Hall–Kier alpha value is -2.40. The largest absolute Gasteiger partial charge is 0.437 e. The summed E-state index contributed by atoms with van der Waals surface area (Å²) in [5.74, 6) is 0.753. The number of fused-ring (bicyclic) bond motifs is 1. The number of ether oxygens (including phenoxy) is 1. The molecule has 2 heterocycles. The van der Waals surface area contributed by atoms with Crippen LogP contribution in [0.4, 0.5) is 0 Å². The highest BCUT2D eigenvalue weighted by atomic mass is 35.5. The molecule has 5 nitrogen and oxygen atoms in total. The molecule has 0 atom stereocenters. The minimum Gasteiger partial charge on any atom is -0.437 e. The molecule has 0 unspecified atom stereocenters. The monoisotopic (exact) mass is 274 g/mol. The van der Waals surface area contributed by atoms with Gasteiger partial charge in [-0.3, -0.25) is 4.98 Å². The Kier molecular flexibility index (Phi) is 2.89. The molecule has 0 bridgehead atoms. The molecule has 0 amide bonds. The molecule has 94 valence electrons. The van der Waals surface area contributed by atoms with Crippen LogP contribution in [0.5, 0.6) is 11.6 Å². The number of hydrogen-bond acceptors (Lipinski definition) is 5. The molecular weight excluding hydrogens is 268 g/mol. The predicted molar refractivity (Wildman–Crippen MR) is 69.6 cm³/mol. The zero-order valence-electron chi connectivity index (χ0n) is 9.54. The third-order valence-corrected chi connectivity index (χ3v) is 2.58. The highest BCUT2D eigenvalue weighted by molar-refractivity contribution is 6.29. The van der Waals surface area contributed by atoms with Crippen LogP contribution in [0.15, 0.2) is 51.9 Å². The van der Waals surface area contributed by atoms with Gasteiger partial charge in [0.25, 0.3) is 0 Å². The number of hydrogen-bond donors (Lipinski definition) is 0. The van der Waals surface area contributed by atoms with Gasteiger partial charge in [-0.25, -0.2) is 4.79 Å². The van der Waals surface area contributed by atoms with Crippen molar-refractivity contribution in [2.45, 2.75) is 0 Å². The van der Waals surface area contributed by atoms with Gasteiger partial charge >= 0.3 is 5.63 Å². The molecule has 0 aliphatic carbocycles. The third kappa shape index (κ3) is 2.56. The van der Waals surface area contributed by atoms with Crippen LogP contribution < -0.4 is 10.4 Å². The van der Waals surface area contributed by atoms with Crippen LogP contribution in [0, 0.1) is 0 Å². The van der Waals surface area contributed by atoms with E-state index in [0.717, 1.165) is 5.39 Å². The van der Waals surface area contributed by atoms with Crippen LogP contribution >= 0.6 is 11.6 Å². The van der Waals surface area contributed by atoms with Crippen LogP contribution in [0.2, 0.25) is 5.15 Å². The maximum Gasteiger partial charge on any atom is 0.336 e. The van der Waals surface area contributed by atoms with E-state index < -0.39 is 5.63 Å². The standard InChI is InChI=1S/C13H7ClN2O3/c14-11-6-15-7-12(16-11)18-9-3-1-8-2-4-13(17)19-10(8)5-9/h1-7H. The Labute approximate surface area is 112 Å². The molecule has 6 heteroatoms. The smallest absolute Gasteiger partial charge is 0.336 e. The molecular formula is C13H7ClN2O3. The molecule has 0 saturated carbocycles. The first-order valence-corrected chi connectivity index (χ1v) is 5.78. The fourth-order valence-electron chi connectivity index (χ4n) is 1.60. The summed E-state index contributed by atoms with van der Waals surface area (Å²) < 4.78 is 10.6. The van der Waals surface area contributed by atoms with E-state index in [1.54, 1.807) is 24.3 Å². The molecule has 0 saturated heterocycles. The lowest BCUT2D eigenvalue weighted by Crippen LogP contribution is -1.95. The van der Waals surface area contributed by atoms with Crippen molar-refractivity contribution in [2.75, 3.05) is 0 Å². The second-order valence-electron chi connectivity index (χ2n) is 3.74. The third-order valence-electron chi connectivity index (χ3n) is 2.40. The van der Waals surface area contributed by atoms with Crippen molar-refractivity contribution in [3.05, 3.63) is 58.3 Å². The number of rotatable bonds is 2. The van der Waals surface area contributed by atoms with E-state index in [4.69, 9.17) is 20.8 Å². The van der Waals surface area contributed by atoms with Crippen molar-refractivity contribution < 1.29 is 9.15 Å². The predicted octanol–water partition coefficient (Wildman–Crippen LogP) is 3.03. The number of nitrogens with zero attached hydrogens (tertiary/aromatic N) is 2. The Morgan fingerprint density at radius 1 is 1.16 bits per heavy atom. The first-order chi connectivity index (χ1) is 9.20. The summed E-state index contributed by atoms with van der Waals surface area (Å²) in [5, 5.41) is 1.05. The quantitative estimate of drug-likeness (QED) is 0.672. The van der Waals surface area contributed by atoms with Gasteiger partial charge in [-0.1, -0.05) is 11.6 Å². The molecule has 0 spiro atoms. The average molecular weight is 275 g/mol. The van der Waals surface area contributed by atoms with Crippen molar-refractivity contribution in [1.29, 1.82) is 0 Å². The molecule has 0 radical (unpaired) electrons. The van der Waals surface area contributed by atoms with Crippen molar-refractivity contribution in [1.82, 2.24) is 9.97 Å². The maximum absolute atomic E-state index is 11.2. The summed E-state index contributed by atoms with van der Waals surface area (Å²) in [4.78, 5) is 19.0. The summed E-state index contributed by atoms with van der Waals surface area (Å²) in [5.41, 5.74) is 0.0344. The summed E-state index contributed by atoms with van der Waals surface area (Å²) >= 11 is 5.71. The normalized spacial score (nSPS) is 10.6. The first kappa shape index (κ1) is 11.7. The zero-order valence-corrected chi connectivity index (χ0v) is 10.3. The molecule has 0 aliphatic rings. The molecule has 0 N–H and O–H groups in total. The Balaban J connectivity index is 1.99. The second kappa shape index (κ2) is 4.70. The molecule has 0 aliphatic heterocycles. The van der Waals surface area contributed by atoms with Crippen molar-refractivity contribution in [2.24, 2.45) is 0 Å². The fourth-order valence-corrected chi connectivity index (χ4v) is 1.74. The van der Waals surface area contributed by atoms with Crippen LogP contribution in [0.3, 0.4) is 0 Å². The Bertz CT molecular complexity index is 801.